The van der Waals surface area contributed by atoms with Crippen LogP contribution in [0.5, 0.6) is 0 Å². The molecule has 1 saturated heterocycles. The lowest BCUT2D eigenvalue weighted by atomic mass is 9.76. The predicted octanol–water partition coefficient (Wildman–Crippen LogP) is 5.36. The first-order valence-corrected chi connectivity index (χ1v) is 12.3. The Balaban J connectivity index is 1.51. The number of carbonyl (C=O) groups is 2. The molecule has 1 aromatic heterocycles. The number of aryl methyl sites for hydroxylation is 1. The maximum absolute atomic E-state index is 14.1. The van der Waals surface area contributed by atoms with Crippen molar-refractivity contribution in [1.29, 1.82) is 0 Å². The first kappa shape index (κ1) is 21.9. The van der Waals surface area contributed by atoms with Crippen LogP contribution in [0.4, 0.5) is 0 Å². The average Bonchev–Trinajstić information content (AvgIpc) is 3.25. The van der Waals surface area contributed by atoms with Crippen LogP contribution in [-0.4, -0.2) is 39.7 Å². The van der Waals surface area contributed by atoms with Gasteiger partial charge in [0.1, 0.15) is 6.54 Å². The van der Waals surface area contributed by atoms with E-state index in [9.17, 15) is 9.59 Å². The number of rotatable bonds is 3. The zero-order valence-electron chi connectivity index (χ0n) is 19.7. The van der Waals surface area contributed by atoms with Crippen molar-refractivity contribution in [2.45, 2.75) is 31.8 Å². The number of hydrogen-bond acceptors (Lipinski definition) is 2. The number of hydrogen-bond donors (Lipinski definition) is 1. The summed E-state index contributed by atoms with van der Waals surface area (Å²) < 4.78 is 0. The Morgan fingerprint density at radius 1 is 1.00 bits per heavy atom. The minimum Gasteiger partial charge on any atom is -0.356 e. The van der Waals surface area contributed by atoms with Crippen molar-refractivity contribution in [1.82, 2.24) is 14.8 Å². The Morgan fingerprint density at radius 2 is 1.71 bits per heavy atom. The Hall–Kier alpha value is -3.57. The lowest BCUT2D eigenvalue weighted by molar-refractivity contribution is -0.166. The number of amides is 2. The molecule has 1 fully saturated rings. The van der Waals surface area contributed by atoms with Gasteiger partial charge in [-0.1, -0.05) is 77.8 Å². The molecule has 6 rings (SSSR count). The summed E-state index contributed by atoms with van der Waals surface area (Å²) in [6.07, 6.45) is 0. The van der Waals surface area contributed by atoms with E-state index in [0.29, 0.717) is 18.1 Å². The first-order chi connectivity index (χ1) is 16.9. The van der Waals surface area contributed by atoms with Crippen LogP contribution < -0.4 is 0 Å². The smallest absolute Gasteiger partial charge is 0.255 e. The van der Waals surface area contributed by atoms with E-state index in [1.165, 1.54) is 0 Å². The van der Waals surface area contributed by atoms with Gasteiger partial charge in [-0.25, -0.2) is 0 Å². The minimum atomic E-state index is -1.12. The van der Waals surface area contributed by atoms with Gasteiger partial charge in [0, 0.05) is 34.9 Å². The fraction of sp³-hybridized carbons (Fsp3) is 0.241. The van der Waals surface area contributed by atoms with Crippen LogP contribution in [0, 0.1) is 6.92 Å². The molecule has 2 atom stereocenters. The van der Waals surface area contributed by atoms with E-state index in [4.69, 9.17) is 11.6 Å². The number of carbonyl (C=O) groups excluding carboxylic acids is 2. The zero-order valence-corrected chi connectivity index (χ0v) is 20.5. The maximum Gasteiger partial charge on any atom is 0.255 e. The van der Waals surface area contributed by atoms with Gasteiger partial charge in [0.2, 0.25) is 5.91 Å². The SMILES string of the molecule is Cc1ccc(CN2CC(=O)N3C[C@H](c4ccccc4Cl)c4c([nH]c5ccccc45)[C@@]3(C)C2=O)cc1. The van der Waals surface area contributed by atoms with E-state index in [-0.39, 0.29) is 24.3 Å². The Morgan fingerprint density at radius 3 is 2.49 bits per heavy atom. The number of para-hydroxylation sites is 1. The van der Waals surface area contributed by atoms with Gasteiger partial charge < -0.3 is 14.8 Å². The maximum atomic E-state index is 14.1. The zero-order chi connectivity index (χ0) is 24.3. The number of nitrogens with zero attached hydrogens (tertiary/aromatic N) is 2. The molecule has 5 nitrogen and oxygen atoms in total. The highest BCUT2D eigenvalue weighted by Crippen LogP contribution is 2.49. The summed E-state index contributed by atoms with van der Waals surface area (Å²) in [5.41, 5.74) is 4.79. The van der Waals surface area contributed by atoms with Crippen LogP contribution in [0.1, 0.15) is 40.8 Å². The largest absolute Gasteiger partial charge is 0.356 e. The normalized spacial score (nSPS) is 21.9. The van der Waals surface area contributed by atoms with E-state index in [1.54, 1.807) is 9.80 Å². The summed E-state index contributed by atoms with van der Waals surface area (Å²) >= 11 is 6.65. The lowest BCUT2D eigenvalue weighted by Crippen LogP contribution is -2.67. The number of fused-ring (bicyclic) bond motifs is 5. The summed E-state index contributed by atoms with van der Waals surface area (Å²) in [5.74, 6) is -0.257. The van der Waals surface area contributed by atoms with Crippen molar-refractivity contribution in [3.8, 4) is 0 Å². The molecule has 3 aromatic carbocycles. The molecule has 0 aliphatic carbocycles. The fourth-order valence-electron chi connectivity index (χ4n) is 5.76. The number of halogens is 1. The van der Waals surface area contributed by atoms with Crippen molar-refractivity contribution in [2.75, 3.05) is 13.1 Å². The van der Waals surface area contributed by atoms with Crippen molar-refractivity contribution < 1.29 is 9.59 Å². The van der Waals surface area contributed by atoms with Gasteiger partial charge in [-0.15, -0.1) is 0 Å². The highest BCUT2D eigenvalue weighted by atomic mass is 35.5. The van der Waals surface area contributed by atoms with Gasteiger partial charge in [0.25, 0.3) is 5.91 Å². The molecule has 2 aliphatic heterocycles. The van der Waals surface area contributed by atoms with Crippen LogP contribution in [-0.2, 0) is 21.7 Å². The van der Waals surface area contributed by atoms with Crippen LogP contribution in [0.3, 0.4) is 0 Å². The van der Waals surface area contributed by atoms with E-state index in [0.717, 1.165) is 38.9 Å². The van der Waals surface area contributed by atoms with E-state index in [1.807, 2.05) is 80.6 Å². The highest BCUT2D eigenvalue weighted by Gasteiger charge is 2.56. The highest BCUT2D eigenvalue weighted by molar-refractivity contribution is 6.31. The van der Waals surface area contributed by atoms with Gasteiger partial charge in [-0.2, -0.15) is 0 Å². The molecule has 6 heteroatoms. The molecule has 1 N–H and O–H groups in total. The molecule has 35 heavy (non-hydrogen) atoms. The van der Waals surface area contributed by atoms with Crippen LogP contribution >= 0.6 is 11.6 Å². The van der Waals surface area contributed by atoms with Gasteiger partial charge in [0.15, 0.2) is 5.54 Å². The number of benzene rings is 3. The number of aromatic amines is 1. The summed E-state index contributed by atoms with van der Waals surface area (Å²) in [7, 11) is 0. The second-order valence-corrected chi connectivity index (χ2v) is 10.2. The van der Waals surface area contributed by atoms with Crippen LogP contribution in [0.15, 0.2) is 72.8 Å². The predicted molar refractivity (Wildman–Crippen MR) is 137 cm³/mol. The molecule has 4 aromatic rings. The third-order valence-electron chi connectivity index (χ3n) is 7.59. The van der Waals surface area contributed by atoms with Crippen LogP contribution in [0.25, 0.3) is 10.9 Å². The molecule has 0 radical (unpaired) electrons. The molecule has 0 bridgehead atoms. The van der Waals surface area contributed by atoms with Gasteiger partial charge in [0.05, 0.1) is 5.69 Å². The molecule has 2 amide bonds. The van der Waals surface area contributed by atoms with E-state index < -0.39 is 5.54 Å². The topological polar surface area (TPSA) is 56.4 Å². The third-order valence-corrected chi connectivity index (χ3v) is 7.94. The third kappa shape index (κ3) is 3.29. The monoisotopic (exact) mass is 483 g/mol. The van der Waals surface area contributed by atoms with Crippen LogP contribution in [0.2, 0.25) is 5.02 Å². The summed E-state index contributed by atoms with van der Waals surface area (Å²) in [5, 5.41) is 1.72. The van der Waals surface area contributed by atoms with Crippen molar-refractivity contribution in [2.24, 2.45) is 0 Å². The molecular weight excluding hydrogens is 458 g/mol. The first-order valence-electron chi connectivity index (χ1n) is 11.9. The minimum absolute atomic E-state index is 0.0550. The number of aromatic nitrogens is 1. The number of piperazine rings is 1. The summed E-state index contributed by atoms with van der Waals surface area (Å²) in [6, 6.07) is 24.0. The Kier molecular flexibility index (Phi) is 5.01. The van der Waals surface area contributed by atoms with E-state index >= 15 is 0 Å². The fourth-order valence-corrected chi connectivity index (χ4v) is 6.02. The average molecular weight is 484 g/mol. The van der Waals surface area contributed by atoms with E-state index in [2.05, 4.69) is 11.1 Å². The molecule has 0 saturated carbocycles. The summed E-state index contributed by atoms with van der Waals surface area (Å²) in [4.78, 5) is 34.7. The molecular formula is C29H26ClN3O2. The summed E-state index contributed by atoms with van der Waals surface area (Å²) in [6.45, 7) is 4.78. The molecule has 0 unspecified atom stereocenters. The van der Waals surface area contributed by atoms with Crippen molar-refractivity contribution in [3.05, 3.63) is 106 Å². The van der Waals surface area contributed by atoms with Gasteiger partial charge in [-0.3, -0.25) is 9.59 Å². The molecule has 176 valence electrons. The molecule has 0 spiro atoms. The molecule has 3 heterocycles. The standard InChI is InChI=1S/C29H26ClN3O2/c1-18-11-13-19(14-12-18)15-32-17-25(34)33-16-22(20-7-3-5-9-23(20)30)26-21-8-4-6-10-24(21)31-27(26)29(33,2)28(32)35/h3-14,22,31H,15-17H2,1-2H3/t22-,29+/m1/s1. The lowest BCUT2D eigenvalue weighted by Gasteiger charge is -2.51. The second-order valence-electron chi connectivity index (χ2n) is 9.76. The van der Waals surface area contributed by atoms with Crippen molar-refractivity contribution in [3.63, 3.8) is 0 Å². The Bertz CT molecular complexity index is 1480. The van der Waals surface area contributed by atoms with Gasteiger partial charge in [-0.05, 0) is 42.7 Å². The second kappa shape index (κ2) is 7.99. The van der Waals surface area contributed by atoms with Crippen molar-refractivity contribution >= 4 is 34.3 Å². The number of nitrogens with one attached hydrogen (secondary N) is 1. The van der Waals surface area contributed by atoms with Gasteiger partial charge >= 0.3 is 0 Å². The quantitative estimate of drug-likeness (QED) is 0.426. The Labute approximate surface area is 209 Å². The molecule has 2 aliphatic rings. The number of H-pyrrole nitrogens is 1.